The first-order valence-corrected chi connectivity index (χ1v) is 5.77. The second-order valence-corrected chi connectivity index (χ2v) is 4.19. The van der Waals surface area contributed by atoms with Gasteiger partial charge in [-0.25, -0.2) is 4.79 Å². The highest BCUT2D eigenvalue weighted by atomic mass is 16.4. The second kappa shape index (κ2) is 4.98. The fourth-order valence-corrected chi connectivity index (χ4v) is 1.80. The lowest BCUT2D eigenvalue weighted by Gasteiger charge is -2.16. The molecule has 0 unspecified atom stereocenters. The number of nitrogens with zero attached hydrogens (tertiary/aromatic N) is 3. The van der Waals surface area contributed by atoms with Crippen LogP contribution in [-0.4, -0.2) is 17.5 Å². The summed E-state index contributed by atoms with van der Waals surface area (Å²) in [6, 6.07) is 7.01. The summed E-state index contributed by atoms with van der Waals surface area (Å²) in [6.07, 6.45) is 0.366. The molecule has 1 aromatic carbocycles. The molecule has 6 nitrogen and oxygen atoms in total. The molecular formula is C13H13N3O3. The van der Waals surface area contributed by atoms with Gasteiger partial charge in [-0.1, -0.05) is 0 Å². The van der Waals surface area contributed by atoms with Crippen LogP contribution in [0.2, 0.25) is 0 Å². The number of benzene rings is 1. The van der Waals surface area contributed by atoms with Crippen LogP contribution in [0.3, 0.4) is 0 Å². The van der Waals surface area contributed by atoms with Crippen LogP contribution in [0.25, 0.3) is 11.1 Å². The first-order chi connectivity index (χ1) is 9.04. The average Bonchev–Trinajstić information content (AvgIpc) is 2.70. The number of aromatic nitrogens is 1. The summed E-state index contributed by atoms with van der Waals surface area (Å²) in [7, 11) is 3.24. The van der Waals surface area contributed by atoms with E-state index in [0.717, 1.165) is 0 Å². The van der Waals surface area contributed by atoms with E-state index < -0.39 is 5.76 Å². The Balaban J connectivity index is 2.35. The van der Waals surface area contributed by atoms with Gasteiger partial charge in [-0.15, -0.1) is 0 Å². The second-order valence-electron chi connectivity index (χ2n) is 4.19. The average molecular weight is 259 g/mol. The van der Waals surface area contributed by atoms with Crippen molar-refractivity contribution in [3.8, 4) is 6.07 Å². The van der Waals surface area contributed by atoms with Gasteiger partial charge in [-0.05, 0) is 18.2 Å². The third-order valence-corrected chi connectivity index (χ3v) is 2.99. The number of oxazole rings is 1. The van der Waals surface area contributed by atoms with Crippen LogP contribution in [0.15, 0.2) is 27.4 Å². The maximum atomic E-state index is 11.8. The molecule has 0 spiro atoms. The van der Waals surface area contributed by atoms with Crippen LogP contribution in [-0.2, 0) is 11.8 Å². The normalized spacial score (nSPS) is 10.4. The van der Waals surface area contributed by atoms with E-state index >= 15 is 0 Å². The molecular weight excluding hydrogens is 246 g/mol. The van der Waals surface area contributed by atoms with Gasteiger partial charge in [0.25, 0.3) is 0 Å². The smallest absolute Gasteiger partial charge is 0.408 e. The maximum Gasteiger partial charge on any atom is 0.419 e. The van der Waals surface area contributed by atoms with Gasteiger partial charge < -0.3 is 9.32 Å². The Kier molecular flexibility index (Phi) is 3.38. The van der Waals surface area contributed by atoms with Crippen LogP contribution >= 0.6 is 0 Å². The molecule has 0 aliphatic heterocycles. The van der Waals surface area contributed by atoms with E-state index in [2.05, 4.69) is 0 Å². The Labute approximate surface area is 109 Å². The van der Waals surface area contributed by atoms with Crippen molar-refractivity contribution in [2.75, 3.05) is 11.9 Å². The molecule has 0 radical (unpaired) electrons. The van der Waals surface area contributed by atoms with Crippen LogP contribution in [0.1, 0.15) is 12.8 Å². The van der Waals surface area contributed by atoms with E-state index in [-0.39, 0.29) is 18.7 Å². The molecule has 6 heteroatoms. The zero-order chi connectivity index (χ0) is 14.0. The van der Waals surface area contributed by atoms with Gasteiger partial charge in [0.05, 0.1) is 11.6 Å². The summed E-state index contributed by atoms with van der Waals surface area (Å²) in [5, 5.41) is 8.48. The molecule has 0 atom stereocenters. The highest BCUT2D eigenvalue weighted by Crippen LogP contribution is 2.21. The first-order valence-electron chi connectivity index (χ1n) is 5.77. The standard InChI is InChI=1S/C13H13N3O3/c1-15(12(17)4-3-7-14)9-5-6-11-10(8-9)16(2)13(18)19-11/h5-6,8H,3-4H2,1-2H3. The number of hydrogen-bond donors (Lipinski definition) is 0. The number of carbonyl (C=O) groups excluding carboxylic acids is 1. The summed E-state index contributed by atoms with van der Waals surface area (Å²) >= 11 is 0. The molecule has 0 aliphatic carbocycles. The quantitative estimate of drug-likeness (QED) is 0.834. The lowest BCUT2D eigenvalue weighted by atomic mass is 10.2. The van der Waals surface area contributed by atoms with E-state index in [1.807, 2.05) is 6.07 Å². The van der Waals surface area contributed by atoms with Crippen LogP contribution in [0.5, 0.6) is 0 Å². The number of hydrogen-bond acceptors (Lipinski definition) is 4. The van der Waals surface area contributed by atoms with Crippen molar-refractivity contribution in [1.29, 1.82) is 5.26 Å². The molecule has 1 amide bonds. The molecule has 0 aliphatic rings. The van der Waals surface area contributed by atoms with Gasteiger partial charge in [0.15, 0.2) is 5.58 Å². The fourth-order valence-electron chi connectivity index (χ4n) is 1.80. The predicted octanol–water partition coefficient (Wildman–Crippen LogP) is 1.40. The van der Waals surface area contributed by atoms with Gasteiger partial charge in [0.2, 0.25) is 5.91 Å². The van der Waals surface area contributed by atoms with Crippen molar-refractivity contribution < 1.29 is 9.21 Å². The predicted molar refractivity (Wildman–Crippen MR) is 69.7 cm³/mol. The molecule has 0 N–H and O–H groups in total. The number of rotatable bonds is 3. The van der Waals surface area contributed by atoms with Gasteiger partial charge >= 0.3 is 5.76 Å². The molecule has 0 saturated heterocycles. The Morgan fingerprint density at radius 3 is 2.95 bits per heavy atom. The highest BCUT2D eigenvalue weighted by Gasteiger charge is 2.13. The Morgan fingerprint density at radius 2 is 2.26 bits per heavy atom. The summed E-state index contributed by atoms with van der Waals surface area (Å²) in [5.41, 5.74) is 1.77. The number of aryl methyl sites for hydroxylation is 1. The van der Waals surface area contributed by atoms with Crippen molar-refractivity contribution in [3.63, 3.8) is 0 Å². The molecule has 0 bridgehead atoms. The summed E-state index contributed by atoms with van der Waals surface area (Å²) in [4.78, 5) is 24.7. The van der Waals surface area contributed by atoms with Crippen LogP contribution in [0, 0.1) is 11.3 Å². The van der Waals surface area contributed by atoms with Crippen molar-refractivity contribution in [3.05, 3.63) is 28.7 Å². The number of nitriles is 1. The minimum Gasteiger partial charge on any atom is -0.408 e. The first kappa shape index (κ1) is 12.9. The molecule has 0 fully saturated rings. The van der Waals surface area contributed by atoms with E-state index in [4.69, 9.17) is 9.68 Å². The molecule has 2 aromatic rings. The van der Waals surface area contributed by atoms with E-state index in [9.17, 15) is 9.59 Å². The Bertz CT molecular complexity index is 721. The number of carbonyl (C=O) groups is 1. The van der Waals surface area contributed by atoms with Gasteiger partial charge in [-0.3, -0.25) is 9.36 Å². The largest absolute Gasteiger partial charge is 0.419 e. The molecule has 98 valence electrons. The Hall–Kier alpha value is -2.55. The van der Waals surface area contributed by atoms with Crippen LogP contribution in [0.4, 0.5) is 5.69 Å². The van der Waals surface area contributed by atoms with Crippen molar-refractivity contribution >= 4 is 22.7 Å². The molecule has 19 heavy (non-hydrogen) atoms. The van der Waals surface area contributed by atoms with Crippen molar-refractivity contribution in [2.45, 2.75) is 12.8 Å². The SMILES string of the molecule is CN(C(=O)CCC#N)c1ccc2oc(=O)n(C)c2c1. The lowest BCUT2D eigenvalue weighted by Crippen LogP contribution is -2.25. The summed E-state index contributed by atoms with van der Waals surface area (Å²) in [5.74, 6) is -0.583. The number of fused-ring (bicyclic) bond motifs is 1. The van der Waals surface area contributed by atoms with Crippen molar-refractivity contribution in [2.24, 2.45) is 7.05 Å². The molecule has 2 rings (SSSR count). The number of anilines is 1. The third kappa shape index (κ3) is 2.36. The molecule has 1 heterocycles. The molecule has 0 saturated carbocycles. The summed E-state index contributed by atoms with van der Waals surface area (Å²) in [6.45, 7) is 0. The summed E-state index contributed by atoms with van der Waals surface area (Å²) < 4.78 is 6.40. The fraction of sp³-hybridized carbons (Fsp3) is 0.308. The molecule has 1 aromatic heterocycles. The van der Waals surface area contributed by atoms with E-state index in [1.54, 1.807) is 32.3 Å². The van der Waals surface area contributed by atoms with Gasteiger partial charge in [-0.2, -0.15) is 5.26 Å². The van der Waals surface area contributed by atoms with Crippen LogP contribution < -0.4 is 10.7 Å². The minimum absolute atomic E-state index is 0.144. The number of amides is 1. The van der Waals surface area contributed by atoms with Crippen molar-refractivity contribution in [1.82, 2.24) is 4.57 Å². The monoisotopic (exact) mass is 259 g/mol. The Morgan fingerprint density at radius 1 is 1.53 bits per heavy atom. The van der Waals surface area contributed by atoms with E-state index in [1.165, 1.54) is 9.47 Å². The topological polar surface area (TPSA) is 79.2 Å². The maximum absolute atomic E-state index is 11.8. The zero-order valence-electron chi connectivity index (χ0n) is 10.7. The van der Waals surface area contributed by atoms with Gasteiger partial charge in [0.1, 0.15) is 0 Å². The lowest BCUT2D eigenvalue weighted by molar-refractivity contribution is -0.118. The third-order valence-electron chi connectivity index (χ3n) is 2.99. The highest BCUT2D eigenvalue weighted by molar-refractivity contribution is 5.94. The van der Waals surface area contributed by atoms with Gasteiger partial charge in [0, 0.05) is 32.6 Å². The minimum atomic E-state index is -0.439. The van der Waals surface area contributed by atoms with E-state index in [0.29, 0.717) is 16.8 Å². The zero-order valence-corrected chi connectivity index (χ0v) is 10.7.